The van der Waals surface area contributed by atoms with E-state index in [1.54, 1.807) is 12.1 Å². The molecule has 0 unspecified atom stereocenters. The van der Waals surface area contributed by atoms with Gasteiger partial charge in [0.2, 0.25) is 5.91 Å². The van der Waals surface area contributed by atoms with Gasteiger partial charge in [-0.05, 0) is 97.0 Å². The maximum absolute atomic E-state index is 14.6. The lowest BCUT2D eigenvalue weighted by Gasteiger charge is -2.51. The van der Waals surface area contributed by atoms with Crippen LogP contribution in [0, 0.1) is 29.4 Å². The number of piperidine rings is 1. The topological polar surface area (TPSA) is 32.8 Å². The van der Waals surface area contributed by atoms with Crippen LogP contribution in [0.2, 0.25) is 0 Å². The van der Waals surface area contributed by atoms with Crippen molar-refractivity contribution < 1.29 is 44.7 Å². The molecule has 4 nitrogen and oxygen atoms in total. The molecule has 12 heteroatoms. The first-order valence-corrected chi connectivity index (χ1v) is 16.2. The minimum Gasteiger partial charge on any atom is -0.373 e. The number of carbonyl (C=O) groups is 1. The van der Waals surface area contributed by atoms with Crippen LogP contribution < -0.4 is 4.90 Å². The third-order valence-corrected chi connectivity index (χ3v) is 11.3. The van der Waals surface area contributed by atoms with Crippen molar-refractivity contribution in [3.63, 3.8) is 0 Å². The van der Waals surface area contributed by atoms with E-state index in [9.17, 15) is 39.9 Å². The maximum atomic E-state index is 14.6. The van der Waals surface area contributed by atoms with Crippen molar-refractivity contribution in [2.45, 2.75) is 75.7 Å². The van der Waals surface area contributed by atoms with Crippen molar-refractivity contribution in [3.8, 4) is 0 Å². The predicted molar refractivity (Wildman–Crippen MR) is 161 cm³/mol. The lowest BCUT2D eigenvalue weighted by atomic mass is 9.62. The Kier molecular flexibility index (Phi) is 8.13. The highest BCUT2D eigenvalue weighted by Crippen LogP contribution is 2.56. The smallest absolute Gasteiger partial charge is 0.373 e. The van der Waals surface area contributed by atoms with Crippen LogP contribution in [0.4, 0.5) is 40.8 Å². The van der Waals surface area contributed by atoms with Gasteiger partial charge in [0.1, 0.15) is 11.6 Å². The number of ether oxygens (including phenoxy) is 1. The van der Waals surface area contributed by atoms with E-state index in [4.69, 9.17) is 4.74 Å². The number of para-hydroxylation sites is 1. The second kappa shape index (κ2) is 11.8. The molecule has 2 saturated heterocycles. The third-order valence-electron chi connectivity index (χ3n) is 11.3. The highest BCUT2D eigenvalue weighted by Gasteiger charge is 2.62. The summed E-state index contributed by atoms with van der Waals surface area (Å²) in [6, 6.07) is 12.0. The normalized spacial score (nSPS) is 28.9. The quantitative estimate of drug-likeness (QED) is 0.254. The van der Waals surface area contributed by atoms with Crippen molar-refractivity contribution in [2.75, 3.05) is 18.0 Å². The number of benzene rings is 3. The number of anilines is 1. The second-order valence-corrected chi connectivity index (χ2v) is 13.7. The molecule has 3 aromatic carbocycles. The molecule has 48 heavy (non-hydrogen) atoms. The van der Waals surface area contributed by atoms with Gasteiger partial charge in [-0.25, -0.2) is 8.78 Å². The number of hydrogen-bond donors (Lipinski definition) is 0. The molecule has 1 aliphatic carbocycles. The largest absolute Gasteiger partial charge is 0.416 e. The van der Waals surface area contributed by atoms with Gasteiger partial charge in [0, 0.05) is 18.3 Å². The molecule has 3 aliphatic heterocycles. The SMILES string of the molecule is C[C@@H]1[C@H]2C[C@@H]3N(CC[C@@]34C(=O)N(Cc3ccc(F)cc3C(F)(F)F)c3ccccc34)C[C@@H]2CC[C@@H]1OCc1ccc(F)cc1C(F)(F)F. The molecule has 0 bridgehead atoms. The van der Waals surface area contributed by atoms with E-state index >= 15 is 0 Å². The van der Waals surface area contributed by atoms with E-state index in [0.717, 1.165) is 42.8 Å². The number of halogens is 8. The molecule has 7 rings (SSSR count). The third kappa shape index (κ3) is 5.48. The van der Waals surface area contributed by atoms with Gasteiger partial charge in [0.25, 0.3) is 0 Å². The fourth-order valence-corrected chi connectivity index (χ4v) is 9.04. The summed E-state index contributed by atoms with van der Waals surface area (Å²) in [4.78, 5) is 18.3. The number of alkyl halides is 6. The Bertz CT molecular complexity index is 1720. The molecule has 1 saturated carbocycles. The standard InChI is InChI=1S/C36H34F8N2O2/c1-20-26-16-32-34(27-4-2-3-5-30(27)46(33(34)47)18-22-6-9-24(37)14-28(22)35(39,40)41)12-13-45(32)17-21(26)8-11-31(20)48-19-23-7-10-25(38)15-29(23)36(42,43)44/h2-7,9-10,14-15,20-21,26,31-32H,8,11-13,16-19H2,1H3/t20-,21+,26-,31+,32+,34+/m1/s1. The average Bonchev–Trinajstić information content (AvgIpc) is 3.52. The predicted octanol–water partition coefficient (Wildman–Crippen LogP) is 8.51. The average molecular weight is 679 g/mol. The van der Waals surface area contributed by atoms with E-state index in [2.05, 4.69) is 4.90 Å². The Morgan fingerprint density at radius 3 is 2.21 bits per heavy atom. The second-order valence-electron chi connectivity index (χ2n) is 13.7. The van der Waals surface area contributed by atoms with E-state index in [1.165, 1.54) is 4.90 Å². The summed E-state index contributed by atoms with van der Waals surface area (Å²) >= 11 is 0. The summed E-state index contributed by atoms with van der Waals surface area (Å²) in [7, 11) is 0. The fourth-order valence-electron chi connectivity index (χ4n) is 9.04. The minimum absolute atomic E-state index is 0.0465. The minimum atomic E-state index is -4.80. The van der Waals surface area contributed by atoms with Gasteiger partial charge in [0.05, 0.1) is 35.8 Å². The molecule has 3 fully saturated rings. The molecule has 6 atom stereocenters. The summed E-state index contributed by atoms with van der Waals surface area (Å²) in [5.74, 6) is -1.93. The van der Waals surface area contributed by atoms with Crippen LogP contribution >= 0.6 is 0 Å². The van der Waals surface area contributed by atoms with Crippen molar-refractivity contribution in [1.29, 1.82) is 0 Å². The Morgan fingerprint density at radius 2 is 1.52 bits per heavy atom. The molecule has 1 spiro atoms. The van der Waals surface area contributed by atoms with E-state index in [1.807, 2.05) is 19.1 Å². The first-order chi connectivity index (χ1) is 22.7. The van der Waals surface area contributed by atoms with Crippen molar-refractivity contribution >= 4 is 11.6 Å². The van der Waals surface area contributed by atoms with Gasteiger partial charge in [-0.2, -0.15) is 26.3 Å². The highest BCUT2D eigenvalue weighted by atomic mass is 19.4. The van der Waals surface area contributed by atoms with Crippen LogP contribution in [0.3, 0.4) is 0 Å². The van der Waals surface area contributed by atoms with Gasteiger partial charge in [0.15, 0.2) is 0 Å². The molecule has 256 valence electrons. The van der Waals surface area contributed by atoms with Crippen LogP contribution in [0.1, 0.15) is 60.4 Å². The molecule has 4 aliphatic rings. The Morgan fingerprint density at radius 1 is 0.875 bits per heavy atom. The summed E-state index contributed by atoms with van der Waals surface area (Å²) in [5, 5.41) is 0. The zero-order chi connectivity index (χ0) is 34.2. The molecule has 0 aromatic heterocycles. The Labute approximate surface area is 272 Å². The number of carbonyl (C=O) groups excluding carboxylic acids is 1. The van der Waals surface area contributed by atoms with Gasteiger partial charge in [-0.3, -0.25) is 9.69 Å². The van der Waals surface area contributed by atoms with Crippen LogP contribution in [0.15, 0.2) is 60.7 Å². The molecule has 1 amide bonds. The molecular formula is C36H34F8N2O2. The Hall–Kier alpha value is -3.51. The molecule has 0 radical (unpaired) electrons. The van der Waals surface area contributed by atoms with Gasteiger partial charge in [-0.15, -0.1) is 0 Å². The molecule has 3 heterocycles. The lowest BCUT2D eigenvalue weighted by Crippen LogP contribution is -2.57. The van der Waals surface area contributed by atoms with E-state index in [0.29, 0.717) is 49.5 Å². The van der Waals surface area contributed by atoms with Crippen molar-refractivity contribution in [1.82, 2.24) is 4.90 Å². The molecular weight excluding hydrogens is 644 g/mol. The van der Waals surface area contributed by atoms with Crippen LogP contribution in [0.5, 0.6) is 0 Å². The summed E-state index contributed by atoms with van der Waals surface area (Å²) < 4.78 is 116. The van der Waals surface area contributed by atoms with E-state index < -0.39 is 40.5 Å². The number of rotatable bonds is 5. The van der Waals surface area contributed by atoms with Crippen LogP contribution in [-0.4, -0.2) is 36.0 Å². The zero-order valence-electron chi connectivity index (χ0n) is 26.1. The van der Waals surface area contributed by atoms with Crippen molar-refractivity contribution in [2.24, 2.45) is 17.8 Å². The maximum Gasteiger partial charge on any atom is 0.416 e. The van der Waals surface area contributed by atoms with Gasteiger partial charge >= 0.3 is 12.4 Å². The lowest BCUT2D eigenvalue weighted by molar-refractivity contribution is -0.140. The zero-order valence-corrected chi connectivity index (χ0v) is 26.1. The molecule has 0 N–H and O–H groups in total. The first-order valence-electron chi connectivity index (χ1n) is 16.2. The number of fused-ring (bicyclic) bond motifs is 5. The van der Waals surface area contributed by atoms with E-state index in [-0.39, 0.29) is 54.2 Å². The number of hydrogen-bond acceptors (Lipinski definition) is 3. The summed E-state index contributed by atoms with van der Waals surface area (Å²) in [5.41, 5.74) is -2.18. The van der Waals surface area contributed by atoms with Crippen LogP contribution in [0.25, 0.3) is 0 Å². The van der Waals surface area contributed by atoms with Crippen molar-refractivity contribution in [3.05, 3.63) is 100 Å². The fraction of sp³-hybridized carbons (Fsp3) is 0.472. The van der Waals surface area contributed by atoms with Gasteiger partial charge in [-0.1, -0.05) is 37.3 Å². The Balaban J connectivity index is 1.14. The number of nitrogens with zero attached hydrogens (tertiary/aromatic N) is 2. The summed E-state index contributed by atoms with van der Waals surface area (Å²) in [6.45, 7) is 2.73. The highest BCUT2D eigenvalue weighted by molar-refractivity contribution is 6.09. The molecule has 3 aromatic rings. The summed E-state index contributed by atoms with van der Waals surface area (Å²) in [6.07, 6.45) is -7.30. The van der Waals surface area contributed by atoms with Crippen LogP contribution in [-0.2, 0) is 40.5 Å². The first kappa shape index (κ1) is 33.0. The number of amides is 1. The monoisotopic (exact) mass is 678 g/mol. The van der Waals surface area contributed by atoms with Gasteiger partial charge < -0.3 is 9.64 Å².